The summed E-state index contributed by atoms with van der Waals surface area (Å²) in [6, 6.07) is 0. The van der Waals surface area contributed by atoms with Crippen LogP contribution < -0.4 is 0 Å². The summed E-state index contributed by atoms with van der Waals surface area (Å²) in [4.78, 5) is 15.2. The third-order valence-electron chi connectivity index (χ3n) is 0.0752. The van der Waals surface area contributed by atoms with Crippen LogP contribution in [0.3, 0.4) is 0 Å². The van der Waals surface area contributed by atoms with Crippen LogP contribution in [0.5, 0.6) is 0 Å². The van der Waals surface area contributed by atoms with E-state index in [0.717, 1.165) is 0 Å². The second-order valence-electron chi connectivity index (χ2n) is 0.548. The van der Waals surface area contributed by atoms with Gasteiger partial charge in [-0.1, -0.05) is 0 Å². The molecule has 0 spiro atoms. The van der Waals surface area contributed by atoms with Crippen LogP contribution in [0.1, 0.15) is 0 Å². The molecule has 0 aromatic carbocycles. The first-order valence-corrected chi connectivity index (χ1v) is 2.83. The van der Waals surface area contributed by atoms with Crippen molar-refractivity contribution >= 4 is 7.82 Å². The molecular weight excluding hydrogens is 245 g/mol. The van der Waals surface area contributed by atoms with E-state index in [1.165, 1.54) is 0 Å². The summed E-state index contributed by atoms with van der Waals surface area (Å²) >= 11 is 3.27. The molecule has 0 radical (unpaired) electrons. The first kappa shape index (κ1) is 11.3. The number of hydrogen-bond donors (Lipinski definition) is 2. The molecule has 0 bridgehead atoms. The molecule has 0 saturated heterocycles. The minimum absolute atomic E-state index is 0. The quantitative estimate of drug-likeness (QED) is 0.486. The first-order chi connectivity index (χ1) is 2.56. The van der Waals surface area contributed by atoms with E-state index >= 15 is 0 Å². The summed E-state index contributed by atoms with van der Waals surface area (Å²) < 4.78 is 12.6. The third kappa shape index (κ3) is 11.2. The van der Waals surface area contributed by atoms with Gasteiger partial charge in [0.2, 0.25) is 0 Å². The van der Waals surface area contributed by atoms with Crippen LogP contribution in [0, 0.1) is 0 Å². The fraction of sp³-hybridized carbons (Fsp3) is 0. The average molecular weight is 247 g/mol. The zero-order valence-corrected chi connectivity index (χ0v) is 7.31. The van der Waals surface area contributed by atoms with Gasteiger partial charge in [-0.25, -0.2) is 0 Å². The third-order valence-corrected chi connectivity index (χ3v) is 0.930. The van der Waals surface area contributed by atoms with E-state index in [9.17, 15) is 4.57 Å². The molecule has 0 atom stereocenters. The maximum atomic E-state index is 9.38. The van der Waals surface area contributed by atoms with Crippen LogP contribution >= 0.6 is 7.82 Å². The van der Waals surface area contributed by atoms with E-state index in [4.69, 9.17) is 9.79 Å². The van der Waals surface area contributed by atoms with Crippen LogP contribution in [0.25, 0.3) is 0 Å². The Morgan fingerprint density at radius 2 is 1.71 bits per heavy atom. The summed E-state index contributed by atoms with van der Waals surface area (Å²) in [6.07, 6.45) is 0. The smallest absolute Gasteiger partial charge is 0 e. The van der Waals surface area contributed by atoms with E-state index in [1.54, 1.807) is 0 Å². The fourth-order valence-corrected chi connectivity index (χ4v) is 0. The van der Waals surface area contributed by atoms with Gasteiger partial charge in [0.1, 0.15) is 0 Å². The minimum atomic E-state index is -4.31. The van der Waals surface area contributed by atoms with Gasteiger partial charge >= 0.3 is 41.6 Å². The Kier molecular flexibility index (Phi) is 7.06. The summed E-state index contributed by atoms with van der Waals surface area (Å²) in [6.45, 7) is 0. The maximum absolute atomic E-state index is 9.38. The molecule has 0 fully saturated rings. The van der Waals surface area contributed by atoms with Crippen molar-refractivity contribution in [3.05, 3.63) is 0 Å². The predicted molar refractivity (Wildman–Crippen MR) is 13.1 cm³/mol. The molecule has 0 aromatic rings. The molecule has 7 heteroatoms. The summed E-state index contributed by atoms with van der Waals surface area (Å²) in [5.74, 6) is 0. The van der Waals surface area contributed by atoms with Gasteiger partial charge in [0.25, 0.3) is 0 Å². The van der Waals surface area contributed by atoms with Gasteiger partial charge in [-0.15, -0.1) is 0 Å². The van der Waals surface area contributed by atoms with Crippen LogP contribution in [0.4, 0.5) is 0 Å². The maximum Gasteiger partial charge on any atom is 0 e. The van der Waals surface area contributed by atoms with Crippen molar-refractivity contribution in [3.8, 4) is 0 Å². The molecule has 0 saturated carbocycles. The van der Waals surface area contributed by atoms with Crippen molar-refractivity contribution in [1.82, 2.24) is 0 Å². The van der Waals surface area contributed by atoms with E-state index < -0.39 is 7.82 Å². The van der Waals surface area contributed by atoms with Crippen LogP contribution in [0.15, 0.2) is 0 Å². The van der Waals surface area contributed by atoms with Crippen molar-refractivity contribution in [2.75, 3.05) is 0 Å². The van der Waals surface area contributed by atoms with E-state index in [0.29, 0.717) is 0 Å². The predicted octanol–water partition coefficient (Wildman–Crippen LogP) is -0.445. The van der Waals surface area contributed by atoms with Crippen LogP contribution in [0.2, 0.25) is 0 Å². The molecule has 0 rings (SSSR count). The molecule has 2 N–H and O–H groups in total. The van der Waals surface area contributed by atoms with Crippen molar-refractivity contribution in [2.45, 2.75) is 0 Å². The Hall–Kier alpha value is 1.49. The Morgan fingerprint density at radius 3 is 1.71 bits per heavy atom. The number of rotatable bonds is 1. The van der Waals surface area contributed by atoms with Crippen molar-refractivity contribution < 1.29 is 60.0 Å². The molecule has 0 aromatic heterocycles. The topological polar surface area (TPSA) is 66.8 Å². The van der Waals surface area contributed by atoms with Crippen LogP contribution in [-0.2, 0) is 50.2 Å². The SMILES string of the molecule is O=P(O)(O)[O][Ni].[Zr]. The molecule has 0 amide bonds. The summed E-state index contributed by atoms with van der Waals surface area (Å²) in [5.41, 5.74) is 0. The molecule has 0 unspecified atom stereocenters. The van der Waals surface area contributed by atoms with E-state index in [-0.39, 0.29) is 26.2 Å². The standard InChI is InChI=1S/Ni.H3O4P.Zr/c;1-5(2,3)4;/h;(H3,1,2,3,4);/q+1;;/p-1. The van der Waals surface area contributed by atoms with E-state index in [2.05, 4.69) is 19.5 Å². The van der Waals surface area contributed by atoms with Gasteiger partial charge < -0.3 is 0 Å². The summed E-state index contributed by atoms with van der Waals surface area (Å²) in [5, 5.41) is 0. The number of phosphoric acid groups is 1. The monoisotopic (exact) mass is 245 g/mol. The van der Waals surface area contributed by atoms with Crippen molar-refractivity contribution in [3.63, 3.8) is 0 Å². The van der Waals surface area contributed by atoms with Crippen molar-refractivity contribution in [2.24, 2.45) is 0 Å². The molecule has 0 aliphatic carbocycles. The molecule has 4 nitrogen and oxygen atoms in total. The molecule has 0 heterocycles. The Bertz CT molecular complexity index is 75.8. The Morgan fingerprint density at radius 1 is 1.57 bits per heavy atom. The normalized spacial score (nSPS) is 10.3. The second kappa shape index (κ2) is 4.37. The largest absolute Gasteiger partial charge is 0 e. The van der Waals surface area contributed by atoms with Crippen LogP contribution in [-0.4, -0.2) is 9.79 Å². The number of hydrogen-bond acceptors (Lipinski definition) is 2. The zero-order chi connectivity index (χ0) is 5.21. The zero-order valence-electron chi connectivity index (χ0n) is 2.97. The van der Waals surface area contributed by atoms with Gasteiger partial charge in [-0.2, -0.15) is 0 Å². The van der Waals surface area contributed by atoms with Gasteiger partial charge in [-0.05, 0) is 0 Å². The molecular formula is H2NiO4PZr. The molecule has 0 aliphatic heterocycles. The summed E-state index contributed by atoms with van der Waals surface area (Å²) in [7, 11) is -4.31. The first-order valence-electron chi connectivity index (χ1n) is 0.894. The Labute approximate surface area is 67.7 Å². The minimum Gasteiger partial charge on any atom is 0 e. The molecule has 45 valence electrons. The van der Waals surface area contributed by atoms with Crippen molar-refractivity contribution in [1.29, 1.82) is 0 Å². The molecule has 7 heavy (non-hydrogen) atoms. The van der Waals surface area contributed by atoms with Gasteiger partial charge in [0.05, 0.1) is 0 Å². The Balaban J connectivity index is 0. The van der Waals surface area contributed by atoms with Gasteiger partial charge in [-0.3, -0.25) is 0 Å². The van der Waals surface area contributed by atoms with E-state index in [1.807, 2.05) is 0 Å². The second-order valence-corrected chi connectivity index (χ2v) is 2.19. The molecule has 0 aliphatic rings. The van der Waals surface area contributed by atoms with Gasteiger partial charge in [0, 0.05) is 26.2 Å². The van der Waals surface area contributed by atoms with Gasteiger partial charge in [0.15, 0.2) is 0 Å². The average Bonchev–Trinajstić information content (AvgIpc) is 1.35. The fourth-order valence-electron chi connectivity index (χ4n) is 0.